The number of hydrogen-bond donors (Lipinski definition) is 2. The summed E-state index contributed by atoms with van der Waals surface area (Å²) in [4.78, 5) is 0. The predicted octanol–water partition coefficient (Wildman–Crippen LogP) is -3.02. The number of hydrogen-bond acceptors (Lipinski definition) is 2. The van der Waals surface area contributed by atoms with Crippen LogP contribution in [0.3, 0.4) is 0 Å². The van der Waals surface area contributed by atoms with Gasteiger partial charge < -0.3 is 9.47 Å². The van der Waals surface area contributed by atoms with E-state index < -0.39 is 0 Å². The monoisotopic (exact) mass is 132 g/mol. The maximum absolute atomic E-state index is 5.26. The summed E-state index contributed by atoms with van der Waals surface area (Å²) in [5.74, 6) is 0.712. The van der Waals surface area contributed by atoms with Crippen molar-refractivity contribution in [2.24, 2.45) is 0 Å². The quantitative estimate of drug-likeness (QED) is 0.310. The lowest BCUT2D eigenvalue weighted by Gasteiger charge is -1.92. The second-order valence-corrected chi connectivity index (χ2v) is 1.52. The Labute approximate surface area is 53.8 Å². The fourth-order valence-electron chi connectivity index (χ4n) is 0.316. The van der Waals surface area contributed by atoms with Gasteiger partial charge >= 0.3 is 11.8 Å². The first kappa shape index (κ1) is 7.94. The van der Waals surface area contributed by atoms with E-state index in [9.17, 15) is 0 Å². The SMILES string of the molecule is COC(=[NH2+])CC(=[NH2+])OC. The Bertz CT molecular complexity index is 108. The van der Waals surface area contributed by atoms with Crippen molar-refractivity contribution in [3.05, 3.63) is 0 Å². The average molecular weight is 132 g/mol. The van der Waals surface area contributed by atoms with E-state index in [0.717, 1.165) is 0 Å². The van der Waals surface area contributed by atoms with Gasteiger partial charge in [0.1, 0.15) is 0 Å². The molecule has 0 unspecified atom stereocenters. The van der Waals surface area contributed by atoms with E-state index in [-0.39, 0.29) is 0 Å². The molecule has 0 aliphatic carbocycles. The van der Waals surface area contributed by atoms with Crippen LogP contribution < -0.4 is 10.8 Å². The van der Waals surface area contributed by atoms with E-state index in [1.165, 1.54) is 14.2 Å². The average Bonchev–Trinajstić information content (AvgIpc) is 1.87. The van der Waals surface area contributed by atoms with Crippen molar-refractivity contribution in [1.82, 2.24) is 0 Å². The molecule has 0 aliphatic heterocycles. The van der Waals surface area contributed by atoms with Gasteiger partial charge in [0.15, 0.2) is 6.42 Å². The first-order valence-corrected chi connectivity index (χ1v) is 2.51. The third kappa shape index (κ3) is 3.52. The Morgan fingerprint density at radius 2 is 1.44 bits per heavy atom. The molecule has 4 heteroatoms. The van der Waals surface area contributed by atoms with Crippen LogP contribution in [0.5, 0.6) is 0 Å². The lowest BCUT2D eigenvalue weighted by Crippen LogP contribution is -2.48. The molecular formula is C5H12N2O2+2. The fraction of sp³-hybridized carbons (Fsp3) is 0.600. The highest BCUT2D eigenvalue weighted by atomic mass is 16.5. The van der Waals surface area contributed by atoms with Crippen LogP contribution in [0.2, 0.25) is 0 Å². The van der Waals surface area contributed by atoms with E-state index in [1.807, 2.05) is 0 Å². The van der Waals surface area contributed by atoms with Crippen molar-refractivity contribution in [2.45, 2.75) is 6.42 Å². The van der Waals surface area contributed by atoms with E-state index in [0.29, 0.717) is 18.2 Å². The first-order valence-electron chi connectivity index (χ1n) is 2.51. The number of ether oxygens (including phenoxy) is 2. The second-order valence-electron chi connectivity index (χ2n) is 1.52. The van der Waals surface area contributed by atoms with Crippen LogP contribution in [0.25, 0.3) is 0 Å². The molecule has 0 bridgehead atoms. The largest absolute Gasteiger partial charge is 0.451 e. The van der Waals surface area contributed by atoms with E-state index in [1.54, 1.807) is 0 Å². The van der Waals surface area contributed by atoms with Crippen LogP contribution in [0.15, 0.2) is 0 Å². The molecule has 0 aromatic carbocycles. The molecule has 0 fully saturated rings. The molecule has 0 spiro atoms. The zero-order valence-electron chi connectivity index (χ0n) is 5.68. The zero-order chi connectivity index (χ0) is 7.28. The molecular weight excluding hydrogens is 120 g/mol. The van der Waals surface area contributed by atoms with Gasteiger partial charge in [-0.1, -0.05) is 0 Å². The highest BCUT2D eigenvalue weighted by Gasteiger charge is 2.10. The molecule has 4 N–H and O–H groups in total. The third-order valence-corrected chi connectivity index (χ3v) is 0.873. The van der Waals surface area contributed by atoms with Crippen LogP contribution >= 0.6 is 0 Å². The zero-order valence-corrected chi connectivity index (χ0v) is 5.68. The molecule has 4 nitrogen and oxygen atoms in total. The minimum atomic E-state index is 0.354. The highest BCUT2D eigenvalue weighted by Crippen LogP contribution is 1.80. The maximum atomic E-state index is 5.26. The van der Waals surface area contributed by atoms with Gasteiger partial charge in [-0.25, -0.2) is 10.8 Å². The van der Waals surface area contributed by atoms with Crippen molar-refractivity contribution in [3.63, 3.8) is 0 Å². The maximum Gasteiger partial charge on any atom is 0.347 e. The number of rotatable bonds is 2. The standard InChI is InChI=1S/C5H10N2O2/c1-8-4(6)3-5(7)9-2/h6-7H,3H2,1-2H3/p+2. The van der Waals surface area contributed by atoms with Crippen LogP contribution in [-0.4, -0.2) is 26.0 Å². The summed E-state index contributed by atoms with van der Waals surface area (Å²) < 4.78 is 9.27. The summed E-state index contributed by atoms with van der Waals surface area (Å²) in [5.41, 5.74) is 0. The normalized spacial score (nSPS) is 8.22. The third-order valence-electron chi connectivity index (χ3n) is 0.873. The smallest absolute Gasteiger partial charge is 0.347 e. The Morgan fingerprint density at radius 3 is 1.67 bits per heavy atom. The molecule has 0 aromatic heterocycles. The Hall–Kier alpha value is -1.06. The van der Waals surface area contributed by atoms with E-state index in [4.69, 9.17) is 10.8 Å². The number of methoxy groups -OCH3 is 2. The Kier molecular flexibility index (Phi) is 3.43. The van der Waals surface area contributed by atoms with Crippen molar-refractivity contribution in [1.29, 1.82) is 0 Å². The summed E-state index contributed by atoms with van der Waals surface area (Å²) in [7, 11) is 2.97. The molecule has 0 atom stereocenters. The summed E-state index contributed by atoms with van der Waals surface area (Å²) in [5, 5.41) is 10.5. The molecule has 0 saturated carbocycles. The second kappa shape index (κ2) is 3.88. The number of nitrogens with two attached hydrogens (primary N) is 2. The molecule has 0 radical (unpaired) electrons. The van der Waals surface area contributed by atoms with Gasteiger partial charge in [0.2, 0.25) is 0 Å². The summed E-state index contributed by atoms with van der Waals surface area (Å²) in [6.07, 6.45) is 0.354. The van der Waals surface area contributed by atoms with Crippen LogP contribution in [0.4, 0.5) is 0 Å². The summed E-state index contributed by atoms with van der Waals surface area (Å²) in [6, 6.07) is 0. The van der Waals surface area contributed by atoms with Crippen molar-refractivity contribution < 1.29 is 20.3 Å². The van der Waals surface area contributed by atoms with Gasteiger partial charge in [0.25, 0.3) is 0 Å². The van der Waals surface area contributed by atoms with Crippen molar-refractivity contribution in [3.8, 4) is 0 Å². The molecule has 52 valence electrons. The first-order chi connectivity index (χ1) is 4.20. The van der Waals surface area contributed by atoms with E-state index in [2.05, 4.69) is 9.47 Å². The van der Waals surface area contributed by atoms with E-state index >= 15 is 0 Å². The Morgan fingerprint density at radius 1 is 1.11 bits per heavy atom. The van der Waals surface area contributed by atoms with Gasteiger partial charge in [0, 0.05) is 0 Å². The van der Waals surface area contributed by atoms with Gasteiger partial charge in [0.05, 0.1) is 14.2 Å². The van der Waals surface area contributed by atoms with Crippen molar-refractivity contribution >= 4 is 11.8 Å². The van der Waals surface area contributed by atoms with Gasteiger partial charge in [-0.3, -0.25) is 0 Å². The van der Waals surface area contributed by atoms with Gasteiger partial charge in [-0.05, 0) is 0 Å². The molecule has 0 rings (SSSR count). The molecule has 0 saturated heterocycles. The predicted molar refractivity (Wildman–Crippen MR) is 32.5 cm³/mol. The van der Waals surface area contributed by atoms with Crippen LogP contribution in [0.1, 0.15) is 6.42 Å². The molecule has 0 heterocycles. The molecule has 0 amide bonds. The van der Waals surface area contributed by atoms with Gasteiger partial charge in [-0.2, -0.15) is 0 Å². The van der Waals surface area contributed by atoms with Crippen LogP contribution in [-0.2, 0) is 9.47 Å². The molecule has 9 heavy (non-hydrogen) atoms. The Balaban J connectivity index is 3.47. The molecule has 0 aliphatic rings. The summed E-state index contributed by atoms with van der Waals surface area (Å²) in [6.45, 7) is 0. The minimum absolute atomic E-state index is 0.354. The lowest BCUT2D eigenvalue weighted by molar-refractivity contribution is -0.151. The lowest BCUT2D eigenvalue weighted by atomic mass is 10.4. The van der Waals surface area contributed by atoms with Gasteiger partial charge in [-0.15, -0.1) is 0 Å². The van der Waals surface area contributed by atoms with Crippen molar-refractivity contribution in [2.75, 3.05) is 14.2 Å². The topological polar surface area (TPSA) is 69.6 Å². The fourth-order valence-corrected chi connectivity index (χ4v) is 0.316. The highest BCUT2D eigenvalue weighted by molar-refractivity contribution is 5.90. The minimum Gasteiger partial charge on any atom is -0.451 e. The molecule has 0 aromatic rings. The van der Waals surface area contributed by atoms with Crippen LogP contribution in [0, 0.1) is 0 Å². The summed E-state index contributed by atoms with van der Waals surface area (Å²) >= 11 is 0.